The lowest BCUT2D eigenvalue weighted by atomic mass is 10.1. The van der Waals surface area contributed by atoms with E-state index in [1.807, 2.05) is 12.1 Å². The lowest BCUT2D eigenvalue weighted by molar-refractivity contribution is 0.0819. The Kier molecular flexibility index (Phi) is 3.38. The Balaban J connectivity index is 1.81. The number of piperidine rings is 1. The Labute approximate surface area is 113 Å². The maximum absolute atomic E-state index is 6.13. The van der Waals surface area contributed by atoms with Crippen molar-refractivity contribution in [2.75, 3.05) is 44.0 Å². The second-order valence-corrected chi connectivity index (χ2v) is 4.98. The van der Waals surface area contributed by atoms with Crippen LogP contribution in [0.4, 0.5) is 11.4 Å². The van der Waals surface area contributed by atoms with E-state index in [-0.39, 0.29) is 0 Å². The molecule has 0 radical (unpaired) electrons. The molecule has 19 heavy (non-hydrogen) atoms. The standard InChI is InChI=1S/C14H20N2O3/c1-17-10-2-4-16(5-3-10)12-9-14-13(8-11(12)15)18-6-7-19-14/h8-10H,2-7,15H2,1H3. The summed E-state index contributed by atoms with van der Waals surface area (Å²) in [6.45, 7) is 3.11. The molecule has 2 aliphatic heterocycles. The zero-order chi connectivity index (χ0) is 13.2. The van der Waals surface area contributed by atoms with Crippen LogP contribution >= 0.6 is 0 Å². The molecule has 0 unspecified atom stereocenters. The van der Waals surface area contributed by atoms with Gasteiger partial charge in [-0.3, -0.25) is 0 Å². The number of benzene rings is 1. The van der Waals surface area contributed by atoms with Crippen molar-refractivity contribution < 1.29 is 14.2 Å². The highest BCUT2D eigenvalue weighted by Gasteiger charge is 2.22. The van der Waals surface area contributed by atoms with Gasteiger partial charge < -0.3 is 24.8 Å². The molecule has 2 heterocycles. The van der Waals surface area contributed by atoms with Gasteiger partial charge in [-0.05, 0) is 12.8 Å². The van der Waals surface area contributed by atoms with E-state index in [1.54, 1.807) is 7.11 Å². The van der Waals surface area contributed by atoms with Crippen LogP contribution in [0.2, 0.25) is 0 Å². The van der Waals surface area contributed by atoms with Gasteiger partial charge in [0.15, 0.2) is 11.5 Å². The summed E-state index contributed by atoms with van der Waals surface area (Å²) >= 11 is 0. The van der Waals surface area contributed by atoms with Gasteiger partial charge in [-0.15, -0.1) is 0 Å². The molecule has 3 rings (SSSR count). The van der Waals surface area contributed by atoms with Crippen LogP contribution in [0.3, 0.4) is 0 Å². The van der Waals surface area contributed by atoms with Crippen LogP contribution in [0.1, 0.15) is 12.8 Å². The average Bonchev–Trinajstić information content (AvgIpc) is 2.47. The van der Waals surface area contributed by atoms with E-state index in [4.69, 9.17) is 19.9 Å². The second-order valence-electron chi connectivity index (χ2n) is 4.98. The first-order chi connectivity index (χ1) is 9.28. The van der Waals surface area contributed by atoms with Crippen molar-refractivity contribution in [3.8, 4) is 11.5 Å². The van der Waals surface area contributed by atoms with Crippen LogP contribution in [-0.2, 0) is 4.74 Å². The fourth-order valence-corrected chi connectivity index (χ4v) is 2.70. The minimum atomic E-state index is 0.370. The van der Waals surface area contributed by atoms with E-state index in [0.29, 0.717) is 19.3 Å². The summed E-state index contributed by atoms with van der Waals surface area (Å²) in [5, 5.41) is 0. The number of anilines is 2. The van der Waals surface area contributed by atoms with Gasteiger partial charge in [-0.25, -0.2) is 0 Å². The van der Waals surface area contributed by atoms with E-state index in [1.165, 1.54) is 0 Å². The van der Waals surface area contributed by atoms with Crippen molar-refractivity contribution in [2.45, 2.75) is 18.9 Å². The average molecular weight is 264 g/mol. The van der Waals surface area contributed by atoms with Crippen LogP contribution in [0.15, 0.2) is 12.1 Å². The summed E-state index contributed by atoms with van der Waals surface area (Å²) in [4.78, 5) is 2.29. The molecule has 0 bridgehead atoms. The molecular weight excluding hydrogens is 244 g/mol. The fourth-order valence-electron chi connectivity index (χ4n) is 2.70. The molecule has 2 aliphatic rings. The molecule has 5 nitrogen and oxygen atoms in total. The van der Waals surface area contributed by atoms with Gasteiger partial charge in [-0.1, -0.05) is 0 Å². The number of nitrogens with zero attached hydrogens (tertiary/aromatic N) is 1. The van der Waals surface area contributed by atoms with E-state index in [9.17, 15) is 0 Å². The molecule has 5 heteroatoms. The molecule has 1 fully saturated rings. The van der Waals surface area contributed by atoms with E-state index in [2.05, 4.69) is 4.90 Å². The van der Waals surface area contributed by atoms with Crippen molar-refractivity contribution in [3.05, 3.63) is 12.1 Å². The van der Waals surface area contributed by atoms with Crippen LogP contribution in [0.5, 0.6) is 11.5 Å². The number of methoxy groups -OCH3 is 1. The second kappa shape index (κ2) is 5.17. The molecule has 1 aromatic rings. The molecule has 1 aromatic carbocycles. The highest BCUT2D eigenvalue weighted by atomic mass is 16.6. The normalized spacial score (nSPS) is 19.5. The first kappa shape index (κ1) is 12.4. The molecule has 0 aromatic heterocycles. The lowest BCUT2D eigenvalue weighted by Gasteiger charge is -2.34. The summed E-state index contributed by atoms with van der Waals surface area (Å²) in [5.74, 6) is 1.54. The first-order valence-electron chi connectivity index (χ1n) is 6.75. The van der Waals surface area contributed by atoms with E-state index in [0.717, 1.165) is 48.8 Å². The van der Waals surface area contributed by atoms with Gasteiger partial charge in [0.1, 0.15) is 13.2 Å². The van der Waals surface area contributed by atoms with Crippen LogP contribution < -0.4 is 20.1 Å². The predicted molar refractivity (Wildman–Crippen MR) is 74.1 cm³/mol. The molecular formula is C14H20N2O3. The summed E-state index contributed by atoms with van der Waals surface area (Å²) in [6.07, 6.45) is 2.43. The van der Waals surface area contributed by atoms with Crippen LogP contribution in [0, 0.1) is 0 Å². The maximum Gasteiger partial charge on any atom is 0.163 e. The number of fused-ring (bicyclic) bond motifs is 1. The molecule has 0 amide bonds. The number of ether oxygens (including phenoxy) is 3. The monoisotopic (exact) mass is 264 g/mol. The van der Waals surface area contributed by atoms with Crippen molar-refractivity contribution >= 4 is 11.4 Å². The predicted octanol–water partition coefficient (Wildman–Crippen LogP) is 1.66. The van der Waals surface area contributed by atoms with Crippen molar-refractivity contribution in [2.24, 2.45) is 0 Å². The Morgan fingerprint density at radius 2 is 1.79 bits per heavy atom. The van der Waals surface area contributed by atoms with Crippen molar-refractivity contribution in [1.82, 2.24) is 0 Å². The largest absolute Gasteiger partial charge is 0.486 e. The van der Waals surface area contributed by atoms with Crippen LogP contribution in [-0.4, -0.2) is 39.5 Å². The SMILES string of the molecule is COC1CCN(c2cc3c(cc2N)OCCO3)CC1. The molecule has 0 atom stereocenters. The van der Waals surface area contributed by atoms with Crippen molar-refractivity contribution in [3.63, 3.8) is 0 Å². The molecule has 0 aliphatic carbocycles. The minimum Gasteiger partial charge on any atom is -0.486 e. The number of rotatable bonds is 2. The molecule has 104 valence electrons. The summed E-state index contributed by atoms with van der Waals surface area (Å²) < 4.78 is 16.6. The van der Waals surface area contributed by atoms with E-state index >= 15 is 0 Å². The maximum atomic E-state index is 6.13. The Bertz CT molecular complexity index is 456. The topological polar surface area (TPSA) is 57.0 Å². The Morgan fingerprint density at radius 3 is 2.42 bits per heavy atom. The Hall–Kier alpha value is -1.62. The summed E-state index contributed by atoms with van der Waals surface area (Å²) in [7, 11) is 1.78. The lowest BCUT2D eigenvalue weighted by Crippen LogP contribution is -2.37. The van der Waals surface area contributed by atoms with Gasteiger partial charge >= 0.3 is 0 Å². The fraction of sp³-hybridized carbons (Fsp3) is 0.571. The third kappa shape index (κ3) is 2.42. The zero-order valence-corrected chi connectivity index (χ0v) is 11.2. The van der Waals surface area contributed by atoms with Crippen LogP contribution in [0.25, 0.3) is 0 Å². The van der Waals surface area contributed by atoms with Gasteiger partial charge in [-0.2, -0.15) is 0 Å². The number of hydrogen-bond donors (Lipinski definition) is 1. The van der Waals surface area contributed by atoms with Gasteiger partial charge in [0, 0.05) is 32.3 Å². The third-order valence-electron chi connectivity index (χ3n) is 3.81. The number of hydrogen-bond acceptors (Lipinski definition) is 5. The summed E-state index contributed by atoms with van der Waals surface area (Å²) in [5.41, 5.74) is 7.92. The molecule has 1 saturated heterocycles. The minimum absolute atomic E-state index is 0.370. The van der Waals surface area contributed by atoms with Gasteiger partial charge in [0.25, 0.3) is 0 Å². The Morgan fingerprint density at radius 1 is 1.16 bits per heavy atom. The highest BCUT2D eigenvalue weighted by Crippen LogP contribution is 2.39. The van der Waals surface area contributed by atoms with E-state index < -0.39 is 0 Å². The number of nitrogens with two attached hydrogens (primary N) is 1. The first-order valence-corrected chi connectivity index (χ1v) is 6.75. The zero-order valence-electron chi connectivity index (χ0n) is 11.2. The molecule has 2 N–H and O–H groups in total. The number of nitrogen functional groups attached to an aromatic ring is 1. The highest BCUT2D eigenvalue weighted by molar-refractivity contribution is 5.73. The quantitative estimate of drug-likeness (QED) is 0.823. The van der Waals surface area contributed by atoms with Gasteiger partial charge in [0.2, 0.25) is 0 Å². The van der Waals surface area contributed by atoms with Gasteiger partial charge in [0.05, 0.1) is 17.5 Å². The molecule has 0 saturated carbocycles. The third-order valence-corrected chi connectivity index (χ3v) is 3.81. The smallest absolute Gasteiger partial charge is 0.163 e. The summed E-state index contributed by atoms with van der Waals surface area (Å²) in [6, 6.07) is 3.86. The van der Waals surface area contributed by atoms with Crippen molar-refractivity contribution in [1.29, 1.82) is 0 Å². The molecule has 0 spiro atoms.